The Kier molecular flexibility index (Phi) is 5.77. The number of carbonyl (C=O) groups is 1. The highest BCUT2D eigenvalue weighted by Gasteiger charge is 2.23. The molecule has 4 rings (SSSR count). The van der Waals surface area contributed by atoms with Gasteiger partial charge in [-0.05, 0) is 56.3 Å². The van der Waals surface area contributed by atoms with Gasteiger partial charge in [-0.2, -0.15) is 4.98 Å². The molecular formula is C20H27N5O2. The van der Waals surface area contributed by atoms with Crippen molar-refractivity contribution in [2.45, 2.75) is 50.9 Å². The maximum absolute atomic E-state index is 12.4. The van der Waals surface area contributed by atoms with Crippen molar-refractivity contribution in [3.8, 4) is 0 Å². The normalized spacial score (nSPS) is 20.2. The molecule has 144 valence electrons. The second kappa shape index (κ2) is 8.61. The first kappa shape index (κ1) is 18.1. The van der Waals surface area contributed by atoms with Crippen LogP contribution in [-0.4, -0.2) is 40.7 Å². The minimum Gasteiger partial charge on any atom is -0.352 e. The predicted molar refractivity (Wildman–Crippen MR) is 100 cm³/mol. The predicted octanol–water partition coefficient (Wildman–Crippen LogP) is 2.25. The number of amides is 1. The van der Waals surface area contributed by atoms with E-state index in [9.17, 15) is 4.79 Å². The van der Waals surface area contributed by atoms with Crippen LogP contribution < -0.4 is 10.6 Å². The summed E-state index contributed by atoms with van der Waals surface area (Å²) in [6.07, 6.45) is 11.0. The minimum absolute atomic E-state index is 0.103. The van der Waals surface area contributed by atoms with Crippen LogP contribution in [0.2, 0.25) is 0 Å². The number of nitrogens with one attached hydrogen (secondary N) is 2. The Bertz CT molecular complexity index is 763. The summed E-state index contributed by atoms with van der Waals surface area (Å²) in [6, 6.07) is 1.95. The molecule has 27 heavy (non-hydrogen) atoms. The van der Waals surface area contributed by atoms with Crippen molar-refractivity contribution in [3.63, 3.8) is 0 Å². The third-order valence-corrected chi connectivity index (χ3v) is 5.57. The second-order valence-electron chi connectivity index (χ2n) is 7.68. The minimum atomic E-state index is -0.103. The Balaban J connectivity index is 1.26. The average Bonchev–Trinajstić information content (AvgIpc) is 3.44. The van der Waals surface area contributed by atoms with Crippen LogP contribution in [0.15, 0.2) is 23.0 Å². The molecule has 1 saturated heterocycles. The lowest BCUT2D eigenvalue weighted by atomic mass is 9.99. The van der Waals surface area contributed by atoms with Gasteiger partial charge in [-0.3, -0.25) is 9.78 Å². The molecule has 1 atom stereocenters. The number of aromatic nitrogens is 3. The van der Waals surface area contributed by atoms with E-state index in [1.807, 2.05) is 12.3 Å². The van der Waals surface area contributed by atoms with E-state index in [0.717, 1.165) is 43.8 Å². The van der Waals surface area contributed by atoms with E-state index in [1.54, 1.807) is 6.20 Å². The molecule has 0 radical (unpaired) electrons. The molecule has 7 nitrogen and oxygen atoms in total. The van der Waals surface area contributed by atoms with Gasteiger partial charge in [0.1, 0.15) is 0 Å². The number of rotatable bonds is 7. The Labute approximate surface area is 159 Å². The molecule has 1 aliphatic heterocycles. The average molecular weight is 369 g/mol. The summed E-state index contributed by atoms with van der Waals surface area (Å²) < 4.78 is 5.38. The number of nitrogens with zero attached hydrogens (tertiary/aromatic N) is 3. The topological polar surface area (TPSA) is 92.9 Å². The lowest BCUT2D eigenvalue weighted by Crippen LogP contribution is -2.26. The molecule has 2 fully saturated rings. The Morgan fingerprint density at radius 2 is 2.15 bits per heavy atom. The van der Waals surface area contributed by atoms with Gasteiger partial charge in [-0.15, -0.1) is 0 Å². The summed E-state index contributed by atoms with van der Waals surface area (Å²) in [5.41, 5.74) is 1.73. The molecule has 1 saturated carbocycles. The highest BCUT2D eigenvalue weighted by atomic mass is 16.5. The smallest absolute Gasteiger partial charge is 0.252 e. The van der Waals surface area contributed by atoms with Crippen LogP contribution in [0.1, 0.15) is 65.7 Å². The second-order valence-corrected chi connectivity index (χ2v) is 7.68. The van der Waals surface area contributed by atoms with Gasteiger partial charge in [-0.25, -0.2) is 0 Å². The SMILES string of the molecule is O=C(NCCc1noc(C2CCCC2)n1)c1cncc(CC2CCNC2)c1. The molecule has 1 aliphatic carbocycles. The van der Waals surface area contributed by atoms with Crippen LogP contribution in [0.5, 0.6) is 0 Å². The Morgan fingerprint density at radius 3 is 2.96 bits per heavy atom. The fourth-order valence-electron chi connectivity index (χ4n) is 4.04. The summed E-state index contributed by atoms with van der Waals surface area (Å²) in [6.45, 7) is 2.61. The van der Waals surface area contributed by atoms with E-state index >= 15 is 0 Å². The summed E-state index contributed by atoms with van der Waals surface area (Å²) in [7, 11) is 0. The Morgan fingerprint density at radius 1 is 1.26 bits per heavy atom. The third kappa shape index (κ3) is 4.71. The first-order valence-corrected chi connectivity index (χ1v) is 10.0. The van der Waals surface area contributed by atoms with E-state index in [-0.39, 0.29) is 5.91 Å². The molecule has 2 aromatic heterocycles. The first-order chi connectivity index (χ1) is 13.3. The maximum Gasteiger partial charge on any atom is 0.252 e. The van der Waals surface area contributed by atoms with E-state index in [2.05, 4.69) is 25.8 Å². The van der Waals surface area contributed by atoms with Crippen molar-refractivity contribution in [1.29, 1.82) is 0 Å². The third-order valence-electron chi connectivity index (χ3n) is 5.57. The zero-order valence-electron chi connectivity index (χ0n) is 15.6. The molecule has 7 heteroatoms. The summed E-state index contributed by atoms with van der Waals surface area (Å²) in [5.74, 6) is 2.38. The van der Waals surface area contributed by atoms with Gasteiger partial charge in [0.2, 0.25) is 5.89 Å². The molecule has 1 unspecified atom stereocenters. The van der Waals surface area contributed by atoms with Crippen molar-refractivity contribution in [1.82, 2.24) is 25.8 Å². The molecular weight excluding hydrogens is 342 g/mol. The number of hydrogen-bond donors (Lipinski definition) is 2. The van der Waals surface area contributed by atoms with E-state index in [4.69, 9.17) is 4.52 Å². The first-order valence-electron chi connectivity index (χ1n) is 10.0. The standard InChI is InChI=1S/C20H27N5O2/c26-19(17-10-15(12-22-13-17)9-14-5-7-21-11-14)23-8-6-18-24-20(27-25-18)16-3-1-2-4-16/h10,12-14,16,21H,1-9,11H2,(H,23,26). The lowest BCUT2D eigenvalue weighted by molar-refractivity contribution is 0.0953. The molecule has 0 bridgehead atoms. The van der Waals surface area contributed by atoms with Crippen molar-refractivity contribution < 1.29 is 9.32 Å². The fourth-order valence-corrected chi connectivity index (χ4v) is 4.04. The fraction of sp³-hybridized carbons (Fsp3) is 0.600. The van der Waals surface area contributed by atoms with Crippen LogP contribution in [0.25, 0.3) is 0 Å². The van der Waals surface area contributed by atoms with Crippen molar-refractivity contribution in [2.24, 2.45) is 5.92 Å². The molecule has 0 aromatic carbocycles. The van der Waals surface area contributed by atoms with Gasteiger partial charge in [0.15, 0.2) is 5.82 Å². The van der Waals surface area contributed by atoms with Crippen molar-refractivity contribution in [3.05, 3.63) is 41.3 Å². The monoisotopic (exact) mass is 369 g/mol. The highest BCUT2D eigenvalue weighted by Crippen LogP contribution is 2.32. The molecule has 2 aromatic rings. The van der Waals surface area contributed by atoms with Crippen molar-refractivity contribution in [2.75, 3.05) is 19.6 Å². The molecule has 0 spiro atoms. The van der Waals surface area contributed by atoms with Gasteiger partial charge in [0, 0.05) is 31.3 Å². The highest BCUT2D eigenvalue weighted by molar-refractivity contribution is 5.94. The van der Waals surface area contributed by atoms with E-state index < -0.39 is 0 Å². The van der Waals surface area contributed by atoms with Crippen LogP contribution in [0.3, 0.4) is 0 Å². The summed E-state index contributed by atoms with van der Waals surface area (Å²) in [5, 5.41) is 10.4. The molecule has 3 heterocycles. The number of hydrogen-bond acceptors (Lipinski definition) is 6. The number of carbonyl (C=O) groups excluding carboxylic acids is 1. The van der Waals surface area contributed by atoms with Gasteiger partial charge >= 0.3 is 0 Å². The van der Waals surface area contributed by atoms with Crippen LogP contribution in [-0.2, 0) is 12.8 Å². The lowest BCUT2D eigenvalue weighted by Gasteiger charge is -2.09. The van der Waals surface area contributed by atoms with E-state index in [1.165, 1.54) is 19.3 Å². The van der Waals surface area contributed by atoms with E-state index in [0.29, 0.717) is 36.2 Å². The zero-order chi connectivity index (χ0) is 18.5. The molecule has 2 aliphatic rings. The largest absolute Gasteiger partial charge is 0.352 e. The quantitative estimate of drug-likeness (QED) is 0.778. The van der Waals surface area contributed by atoms with Crippen LogP contribution in [0, 0.1) is 5.92 Å². The zero-order valence-corrected chi connectivity index (χ0v) is 15.6. The molecule has 1 amide bonds. The maximum atomic E-state index is 12.4. The molecule has 2 N–H and O–H groups in total. The van der Waals surface area contributed by atoms with Gasteiger partial charge in [0.25, 0.3) is 5.91 Å². The van der Waals surface area contributed by atoms with Crippen LogP contribution in [0.4, 0.5) is 0 Å². The van der Waals surface area contributed by atoms with Crippen molar-refractivity contribution >= 4 is 5.91 Å². The van der Waals surface area contributed by atoms with Gasteiger partial charge in [-0.1, -0.05) is 18.0 Å². The van der Waals surface area contributed by atoms with Crippen LogP contribution >= 0.6 is 0 Å². The Hall–Kier alpha value is -2.28. The van der Waals surface area contributed by atoms with Gasteiger partial charge in [0.05, 0.1) is 5.56 Å². The summed E-state index contributed by atoms with van der Waals surface area (Å²) in [4.78, 5) is 21.1. The van der Waals surface area contributed by atoms with Gasteiger partial charge < -0.3 is 15.2 Å². The summed E-state index contributed by atoms with van der Waals surface area (Å²) >= 11 is 0. The number of pyridine rings is 1.